The minimum atomic E-state index is -0.903. The molecule has 148 valence electrons. The van der Waals surface area contributed by atoms with Gasteiger partial charge in [0.15, 0.2) is 0 Å². The fraction of sp³-hybridized carbons (Fsp3) is 0.0909. The van der Waals surface area contributed by atoms with Gasteiger partial charge in [-0.05, 0) is 66.2 Å². The van der Waals surface area contributed by atoms with Gasteiger partial charge in [0.1, 0.15) is 23.5 Å². The van der Waals surface area contributed by atoms with Crippen LogP contribution < -0.4 is 15.4 Å². The molecular formula is C22H18F2N2O3. The number of hydrogen-bond acceptors (Lipinski definition) is 3. The Morgan fingerprint density at radius 3 is 1.72 bits per heavy atom. The van der Waals surface area contributed by atoms with Crippen LogP contribution >= 0.6 is 0 Å². The van der Waals surface area contributed by atoms with Gasteiger partial charge in [-0.25, -0.2) is 8.78 Å². The van der Waals surface area contributed by atoms with E-state index in [9.17, 15) is 18.4 Å². The fourth-order valence-corrected chi connectivity index (χ4v) is 2.66. The lowest BCUT2D eigenvalue weighted by Gasteiger charge is -2.21. The van der Waals surface area contributed by atoms with Crippen LogP contribution in [-0.2, 0) is 0 Å². The molecule has 0 atom stereocenters. The maximum Gasteiger partial charge on any atom is 0.253 e. The zero-order valence-electron chi connectivity index (χ0n) is 15.5. The second-order valence-corrected chi connectivity index (χ2v) is 6.17. The largest absolute Gasteiger partial charge is 0.497 e. The van der Waals surface area contributed by atoms with Crippen molar-refractivity contribution in [1.29, 1.82) is 0 Å². The van der Waals surface area contributed by atoms with Crippen LogP contribution in [0.25, 0.3) is 0 Å². The molecule has 3 rings (SSSR count). The minimum Gasteiger partial charge on any atom is -0.497 e. The number of hydrogen-bond donors (Lipinski definition) is 2. The summed E-state index contributed by atoms with van der Waals surface area (Å²) in [6.07, 6.45) is -0.903. The lowest BCUT2D eigenvalue weighted by Crippen LogP contribution is -2.41. The van der Waals surface area contributed by atoms with E-state index in [1.807, 2.05) is 0 Å². The molecule has 5 nitrogen and oxygen atoms in total. The molecule has 0 aromatic heterocycles. The van der Waals surface area contributed by atoms with Gasteiger partial charge < -0.3 is 15.4 Å². The van der Waals surface area contributed by atoms with Gasteiger partial charge in [-0.2, -0.15) is 0 Å². The quantitative estimate of drug-likeness (QED) is 0.623. The number of ether oxygens (including phenoxy) is 1. The Hall–Kier alpha value is -3.74. The zero-order valence-corrected chi connectivity index (χ0v) is 15.5. The van der Waals surface area contributed by atoms with Crippen LogP contribution in [0.4, 0.5) is 8.78 Å². The van der Waals surface area contributed by atoms with Crippen molar-refractivity contribution in [2.24, 2.45) is 0 Å². The van der Waals surface area contributed by atoms with Crippen molar-refractivity contribution < 1.29 is 23.1 Å². The highest BCUT2D eigenvalue weighted by atomic mass is 19.1. The first-order chi connectivity index (χ1) is 14.0. The third-order valence-electron chi connectivity index (χ3n) is 4.19. The molecule has 0 fully saturated rings. The summed E-state index contributed by atoms with van der Waals surface area (Å²) in [5.74, 6) is -1.39. The normalized spacial score (nSPS) is 10.5. The Labute approximate surface area is 166 Å². The van der Waals surface area contributed by atoms with Gasteiger partial charge in [0.25, 0.3) is 11.8 Å². The maximum absolute atomic E-state index is 13.1. The van der Waals surface area contributed by atoms with E-state index in [0.717, 1.165) is 0 Å². The Balaban J connectivity index is 1.86. The average Bonchev–Trinajstić information content (AvgIpc) is 2.74. The van der Waals surface area contributed by atoms with Gasteiger partial charge in [0.05, 0.1) is 7.11 Å². The number of carbonyl (C=O) groups is 2. The molecule has 0 unspecified atom stereocenters. The monoisotopic (exact) mass is 396 g/mol. The third-order valence-corrected chi connectivity index (χ3v) is 4.19. The van der Waals surface area contributed by atoms with E-state index in [1.165, 1.54) is 55.6 Å². The van der Waals surface area contributed by atoms with E-state index < -0.39 is 29.6 Å². The predicted molar refractivity (Wildman–Crippen MR) is 103 cm³/mol. The maximum atomic E-state index is 13.1. The van der Waals surface area contributed by atoms with Crippen molar-refractivity contribution in [3.05, 3.63) is 101 Å². The van der Waals surface area contributed by atoms with Gasteiger partial charge in [-0.15, -0.1) is 0 Å². The van der Waals surface area contributed by atoms with Crippen LogP contribution in [0.15, 0.2) is 72.8 Å². The molecule has 0 bridgehead atoms. The molecule has 0 aliphatic heterocycles. The van der Waals surface area contributed by atoms with Crippen molar-refractivity contribution in [3.8, 4) is 5.75 Å². The van der Waals surface area contributed by atoms with Crippen molar-refractivity contribution in [2.75, 3.05) is 7.11 Å². The van der Waals surface area contributed by atoms with E-state index in [4.69, 9.17) is 4.74 Å². The van der Waals surface area contributed by atoms with Crippen molar-refractivity contribution in [1.82, 2.24) is 10.6 Å². The fourth-order valence-electron chi connectivity index (χ4n) is 2.66. The molecule has 3 aromatic carbocycles. The summed E-state index contributed by atoms with van der Waals surface area (Å²) in [6.45, 7) is 0. The van der Waals surface area contributed by atoms with Crippen LogP contribution in [-0.4, -0.2) is 18.9 Å². The smallest absolute Gasteiger partial charge is 0.253 e. The van der Waals surface area contributed by atoms with Crippen molar-refractivity contribution in [3.63, 3.8) is 0 Å². The Bertz CT molecular complexity index is 946. The zero-order chi connectivity index (χ0) is 20.8. The Morgan fingerprint density at radius 2 is 1.28 bits per heavy atom. The van der Waals surface area contributed by atoms with Crippen molar-refractivity contribution >= 4 is 11.8 Å². The van der Waals surface area contributed by atoms with Crippen molar-refractivity contribution in [2.45, 2.75) is 6.17 Å². The standard InChI is InChI=1S/C22H18F2N2O3/c1-29-19-4-2-3-16(13-19)20(25-21(27)14-5-9-17(23)10-6-14)26-22(28)15-7-11-18(24)12-8-15/h2-13,20H,1H3,(H,25,27)(H,26,28). The summed E-state index contributed by atoms with van der Waals surface area (Å²) in [5, 5.41) is 5.42. The van der Waals surface area contributed by atoms with Gasteiger partial charge in [0.2, 0.25) is 0 Å². The minimum absolute atomic E-state index is 0.232. The molecule has 2 amide bonds. The molecule has 0 aliphatic carbocycles. The first kappa shape index (κ1) is 20.0. The van der Waals surface area contributed by atoms with Crippen LogP contribution in [0.1, 0.15) is 32.4 Å². The molecule has 29 heavy (non-hydrogen) atoms. The third kappa shape index (κ3) is 5.16. The van der Waals surface area contributed by atoms with Gasteiger partial charge >= 0.3 is 0 Å². The Morgan fingerprint density at radius 1 is 0.793 bits per heavy atom. The number of methoxy groups -OCH3 is 1. The van der Waals surface area contributed by atoms with Crippen LogP contribution in [0.3, 0.4) is 0 Å². The van der Waals surface area contributed by atoms with Gasteiger partial charge in [-0.3, -0.25) is 9.59 Å². The molecule has 0 heterocycles. The molecule has 0 spiro atoms. The summed E-state index contributed by atoms with van der Waals surface area (Å²) >= 11 is 0. The highest BCUT2D eigenvalue weighted by molar-refractivity contribution is 5.96. The first-order valence-electron chi connectivity index (χ1n) is 8.73. The highest BCUT2D eigenvalue weighted by Crippen LogP contribution is 2.19. The topological polar surface area (TPSA) is 67.4 Å². The van der Waals surface area contributed by atoms with E-state index in [1.54, 1.807) is 24.3 Å². The average molecular weight is 396 g/mol. The van der Waals surface area contributed by atoms with E-state index in [0.29, 0.717) is 11.3 Å². The number of nitrogens with one attached hydrogen (secondary N) is 2. The van der Waals surface area contributed by atoms with E-state index >= 15 is 0 Å². The number of benzene rings is 3. The molecule has 2 N–H and O–H groups in total. The Kier molecular flexibility index (Phi) is 6.19. The molecule has 0 saturated carbocycles. The summed E-state index contributed by atoms with van der Waals surface area (Å²) < 4.78 is 31.4. The van der Waals surface area contributed by atoms with Gasteiger partial charge in [0, 0.05) is 11.1 Å². The number of rotatable bonds is 6. The highest BCUT2D eigenvalue weighted by Gasteiger charge is 2.19. The summed E-state index contributed by atoms with van der Waals surface area (Å²) in [7, 11) is 1.50. The molecule has 0 saturated heterocycles. The summed E-state index contributed by atoms with van der Waals surface area (Å²) in [4.78, 5) is 25.2. The molecule has 7 heteroatoms. The molecule has 0 radical (unpaired) electrons. The summed E-state index contributed by atoms with van der Waals surface area (Å²) in [6, 6.07) is 16.9. The SMILES string of the molecule is COc1cccc(C(NC(=O)c2ccc(F)cc2)NC(=O)c2ccc(F)cc2)c1. The summed E-state index contributed by atoms with van der Waals surface area (Å²) in [5.41, 5.74) is 1.03. The number of carbonyl (C=O) groups excluding carboxylic acids is 2. The molecule has 0 aliphatic rings. The predicted octanol–water partition coefficient (Wildman–Crippen LogP) is 3.83. The van der Waals surface area contributed by atoms with E-state index in [2.05, 4.69) is 10.6 Å². The lowest BCUT2D eigenvalue weighted by molar-refractivity contribution is 0.0883. The van der Waals surface area contributed by atoms with E-state index in [-0.39, 0.29) is 11.1 Å². The lowest BCUT2D eigenvalue weighted by atomic mass is 10.1. The first-order valence-corrected chi connectivity index (χ1v) is 8.73. The second-order valence-electron chi connectivity index (χ2n) is 6.17. The van der Waals surface area contributed by atoms with Crippen LogP contribution in [0.2, 0.25) is 0 Å². The molecular weight excluding hydrogens is 378 g/mol. The number of amides is 2. The van der Waals surface area contributed by atoms with Crippen LogP contribution in [0, 0.1) is 11.6 Å². The van der Waals surface area contributed by atoms with Crippen LogP contribution in [0.5, 0.6) is 5.75 Å². The second kappa shape index (κ2) is 8.97. The van der Waals surface area contributed by atoms with Gasteiger partial charge in [-0.1, -0.05) is 12.1 Å². The number of halogens is 2. The molecule has 3 aromatic rings.